The first-order valence-electron chi connectivity index (χ1n) is 15.8. The highest BCUT2D eigenvalue weighted by Gasteiger charge is 2.42. The molecule has 0 spiro atoms. The Balaban J connectivity index is 1.36. The highest BCUT2D eigenvalue weighted by molar-refractivity contribution is 7.86. The van der Waals surface area contributed by atoms with Crippen LogP contribution >= 0.6 is 7.14 Å². The molecule has 5 heteroatoms. The Labute approximate surface area is 271 Å². The summed E-state index contributed by atoms with van der Waals surface area (Å²) in [6.45, 7) is 0. The molecule has 1 unspecified atom stereocenters. The second-order valence-electron chi connectivity index (χ2n) is 12.1. The molecule has 0 radical (unpaired) electrons. The van der Waals surface area contributed by atoms with E-state index in [1.165, 1.54) is 0 Å². The summed E-state index contributed by atoms with van der Waals surface area (Å²) in [6.07, 6.45) is 0. The summed E-state index contributed by atoms with van der Waals surface area (Å²) in [6, 6.07) is 53.8. The van der Waals surface area contributed by atoms with Gasteiger partial charge in [0.15, 0.2) is 7.14 Å². The van der Waals surface area contributed by atoms with Gasteiger partial charge in [0.1, 0.15) is 0 Å². The smallest absolute Gasteiger partial charge is 0.235 e. The second kappa shape index (κ2) is 9.83. The molecular formula is C42H26N3OP. The van der Waals surface area contributed by atoms with Crippen LogP contribution in [0.3, 0.4) is 0 Å². The maximum Gasteiger partial charge on any atom is 0.235 e. The molecule has 7 aromatic carbocycles. The zero-order valence-electron chi connectivity index (χ0n) is 25.2. The van der Waals surface area contributed by atoms with Crippen molar-refractivity contribution in [2.75, 3.05) is 0 Å². The normalized spacial score (nSPS) is 15.4. The van der Waals surface area contributed by atoms with Gasteiger partial charge >= 0.3 is 0 Å². The molecule has 47 heavy (non-hydrogen) atoms. The van der Waals surface area contributed by atoms with Crippen molar-refractivity contribution in [2.45, 2.75) is 0 Å². The molecule has 10 rings (SSSR count). The fraction of sp³-hybridized carbons (Fsp3) is 0. The van der Waals surface area contributed by atoms with E-state index in [-0.39, 0.29) is 0 Å². The Kier molecular flexibility index (Phi) is 5.52. The third kappa shape index (κ3) is 3.62. The van der Waals surface area contributed by atoms with Crippen LogP contribution in [0.15, 0.2) is 158 Å². The maximum atomic E-state index is 15.5. The summed E-state index contributed by atoms with van der Waals surface area (Å²) in [5.41, 5.74) is 6.79. The molecule has 0 saturated carbocycles. The molecule has 0 amide bonds. The molecule has 0 N–H and O–H groups in total. The number of benzene rings is 7. The molecule has 0 bridgehead atoms. The Morgan fingerprint density at radius 3 is 2.06 bits per heavy atom. The summed E-state index contributed by atoms with van der Waals surface area (Å²) in [4.78, 5) is 10.7. The van der Waals surface area contributed by atoms with Gasteiger partial charge in [-0.1, -0.05) is 140 Å². The first-order valence-corrected chi connectivity index (χ1v) is 17.5. The predicted molar refractivity (Wildman–Crippen MR) is 195 cm³/mol. The molecular weight excluding hydrogens is 593 g/mol. The van der Waals surface area contributed by atoms with Crippen molar-refractivity contribution in [1.29, 1.82) is 0 Å². The van der Waals surface area contributed by atoms with Gasteiger partial charge in [0, 0.05) is 43.2 Å². The lowest BCUT2D eigenvalue weighted by atomic mass is 9.99. The summed E-state index contributed by atoms with van der Waals surface area (Å²) in [5, 5.41) is 8.07. The largest absolute Gasteiger partial charge is 0.309 e. The summed E-state index contributed by atoms with van der Waals surface area (Å²) in [7, 11) is -3.14. The number of para-hydroxylation sites is 2. The average Bonchev–Trinajstić information content (AvgIpc) is 3.61. The topological polar surface area (TPSA) is 47.8 Å². The van der Waals surface area contributed by atoms with Gasteiger partial charge < -0.3 is 4.57 Å². The molecule has 1 aliphatic rings. The van der Waals surface area contributed by atoms with E-state index in [9.17, 15) is 0 Å². The van der Waals surface area contributed by atoms with Crippen LogP contribution in [0.5, 0.6) is 0 Å². The van der Waals surface area contributed by atoms with Gasteiger partial charge in [-0.3, -0.25) is 4.57 Å². The van der Waals surface area contributed by atoms with Crippen molar-refractivity contribution >= 4 is 66.5 Å². The fourth-order valence-electron chi connectivity index (χ4n) is 7.59. The molecule has 1 atom stereocenters. The number of hydrogen-bond donors (Lipinski definition) is 0. The molecule has 4 nitrogen and oxygen atoms in total. The van der Waals surface area contributed by atoms with Crippen LogP contribution in [-0.2, 0) is 4.57 Å². The van der Waals surface area contributed by atoms with Crippen LogP contribution in [0.25, 0.3) is 71.8 Å². The van der Waals surface area contributed by atoms with Crippen LogP contribution in [0.1, 0.15) is 0 Å². The molecule has 2 aromatic heterocycles. The number of rotatable bonds is 3. The molecule has 9 aromatic rings. The summed E-state index contributed by atoms with van der Waals surface area (Å²) >= 11 is 0. The van der Waals surface area contributed by atoms with Gasteiger partial charge in [0.2, 0.25) is 5.95 Å². The van der Waals surface area contributed by atoms with Gasteiger partial charge in [-0.25, -0.2) is 9.97 Å². The van der Waals surface area contributed by atoms with E-state index in [2.05, 4.69) is 102 Å². The van der Waals surface area contributed by atoms with Crippen LogP contribution in [0, 0.1) is 0 Å². The Hall–Kier alpha value is -5.83. The Morgan fingerprint density at radius 1 is 0.489 bits per heavy atom. The van der Waals surface area contributed by atoms with Crippen molar-refractivity contribution in [3.8, 4) is 28.3 Å². The van der Waals surface area contributed by atoms with E-state index >= 15 is 4.57 Å². The predicted octanol–water partition coefficient (Wildman–Crippen LogP) is 9.17. The van der Waals surface area contributed by atoms with Crippen LogP contribution in [0.4, 0.5) is 0 Å². The lowest BCUT2D eigenvalue weighted by Gasteiger charge is -2.16. The average molecular weight is 620 g/mol. The third-order valence-electron chi connectivity index (χ3n) is 9.62. The van der Waals surface area contributed by atoms with E-state index in [1.54, 1.807) is 0 Å². The summed E-state index contributed by atoms with van der Waals surface area (Å²) < 4.78 is 17.7. The van der Waals surface area contributed by atoms with Crippen molar-refractivity contribution in [2.24, 2.45) is 0 Å². The zero-order valence-corrected chi connectivity index (χ0v) is 26.1. The number of aromatic nitrogens is 3. The van der Waals surface area contributed by atoms with Gasteiger partial charge in [-0.05, 0) is 34.5 Å². The van der Waals surface area contributed by atoms with E-state index < -0.39 is 7.14 Å². The van der Waals surface area contributed by atoms with E-state index in [0.29, 0.717) is 5.95 Å². The number of nitrogens with zero attached hydrogens (tertiary/aromatic N) is 3. The SMILES string of the molecule is O=P1(c2ccccc2)c2ccccc2-c2c1ccc1c3ccccc3n(-c3nc(-c4cccc5ccccc45)c4ccccc4n3)c21. The van der Waals surface area contributed by atoms with Gasteiger partial charge in [0.25, 0.3) is 0 Å². The first kappa shape index (κ1) is 26.4. The quantitative estimate of drug-likeness (QED) is 0.185. The minimum atomic E-state index is -3.14. The minimum Gasteiger partial charge on any atom is -0.309 e. The lowest BCUT2D eigenvalue weighted by Crippen LogP contribution is -2.20. The number of fused-ring (bicyclic) bond motifs is 9. The highest BCUT2D eigenvalue weighted by Crippen LogP contribution is 2.54. The van der Waals surface area contributed by atoms with Crippen molar-refractivity contribution in [3.63, 3.8) is 0 Å². The van der Waals surface area contributed by atoms with E-state index in [1.807, 2.05) is 60.7 Å². The molecule has 0 fully saturated rings. The minimum absolute atomic E-state index is 0.588. The maximum absolute atomic E-state index is 15.5. The molecule has 0 aliphatic carbocycles. The summed E-state index contributed by atoms with van der Waals surface area (Å²) in [5.74, 6) is 0.588. The third-order valence-corrected chi connectivity index (χ3v) is 12.8. The zero-order chi connectivity index (χ0) is 31.1. The van der Waals surface area contributed by atoms with Crippen LogP contribution in [0.2, 0.25) is 0 Å². The molecule has 3 heterocycles. The fourth-order valence-corrected chi connectivity index (χ4v) is 10.6. The van der Waals surface area contributed by atoms with Crippen LogP contribution < -0.4 is 15.9 Å². The van der Waals surface area contributed by atoms with Crippen molar-refractivity contribution in [1.82, 2.24) is 14.5 Å². The van der Waals surface area contributed by atoms with Gasteiger partial charge in [0.05, 0.1) is 22.2 Å². The number of hydrogen-bond acceptors (Lipinski definition) is 3. The lowest BCUT2D eigenvalue weighted by molar-refractivity contribution is 0.593. The highest BCUT2D eigenvalue weighted by atomic mass is 31.2. The monoisotopic (exact) mass is 619 g/mol. The Morgan fingerprint density at radius 2 is 1.17 bits per heavy atom. The molecule has 220 valence electrons. The van der Waals surface area contributed by atoms with Gasteiger partial charge in [-0.2, -0.15) is 0 Å². The van der Waals surface area contributed by atoms with Crippen molar-refractivity contribution in [3.05, 3.63) is 158 Å². The second-order valence-corrected chi connectivity index (χ2v) is 14.8. The molecule has 0 saturated heterocycles. The van der Waals surface area contributed by atoms with E-state index in [4.69, 9.17) is 9.97 Å². The van der Waals surface area contributed by atoms with Gasteiger partial charge in [-0.15, -0.1) is 0 Å². The standard InChI is InChI=1S/C42H26N3OP/c46-47(28-15-2-1-3-16-28)37-24-11-8-20-34(37)39-38(47)26-25-32-30-18-7-10-23-36(30)45(41(32)39)42-43-35-22-9-6-19-33(35)40(44-42)31-21-12-14-27-13-4-5-17-29(27)31/h1-26H. The van der Waals surface area contributed by atoms with E-state index in [0.717, 1.165) is 81.8 Å². The Bertz CT molecular complexity index is 2780. The van der Waals surface area contributed by atoms with Crippen LogP contribution in [-0.4, -0.2) is 14.5 Å². The molecule has 1 aliphatic heterocycles. The van der Waals surface area contributed by atoms with Crippen molar-refractivity contribution < 1.29 is 4.57 Å². The first-order chi connectivity index (χ1) is 23.2.